The number of hydrogen-bond donors (Lipinski definition) is 0. The molecule has 1 unspecified atom stereocenters. The molecule has 2 aromatic carbocycles. The van der Waals surface area contributed by atoms with Gasteiger partial charge in [-0.2, -0.15) is 0 Å². The second-order valence-corrected chi connectivity index (χ2v) is 13.3. The predicted molar refractivity (Wildman–Crippen MR) is 156 cm³/mol. The van der Waals surface area contributed by atoms with Gasteiger partial charge in [-0.05, 0) is 114 Å². The standard InChI is InChI=1S/C36H48/c1-6-27-23-31(28-14-11-25(2)12-15-28)19-18-30(27)21-26-13-20-34(29-16-17-29)33(22-26)24-32-9-7-8-10-35(32)36(3,4)5/h7-9,13,18-20,22-23,25,28-29,35H,6,10-12,14-17,21,24H2,1-5H3. The molecule has 0 aliphatic heterocycles. The van der Waals surface area contributed by atoms with Gasteiger partial charge in [0.1, 0.15) is 0 Å². The fourth-order valence-corrected chi connectivity index (χ4v) is 6.92. The molecule has 0 amide bonds. The fraction of sp³-hybridized carbons (Fsp3) is 0.556. The van der Waals surface area contributed by atoms with E-state index in [1.165, 1.54) is 56.1 Å². The van der Waals surface area contributed by atoms with Crippen LogP contribution in [0.2, 0.25) is 0 Å². The van der Waals surface area contributed by atoms with E-state index in [0.29, 0.717) is 11.3 Å². The van der Waals surface area contributed by atoms with Gasteiger partial charge in [0.15, 0.2) is 0 Å². The highest BCUT2D eigenvalue weighted by Gasteiger charge is 2.31. The first-order valence-corrected chi connectivity index (χ1v) is 14.9. The van der Waals surface area contributed by atoms with Crippen molar-refractivity contribution < 1.29 is 0 Å². The number of allylic oxidation sites excluding steroid dienone is 4. The summed E-state index contributed by atoms with van der Waals surface area (Å²) in [6, 6.07) is 15.0. The Bertz CT molecular complexity index is 1110. The zero-order chi connectivity index (χ0) is 25.3. The normalized spacial score (nSPS) is 24.6. The molecule has 0 spiro atoms. The Morgan fingerprint density at radius 2 is 1.53 bits per heavy atom. The third-order valence-corrected chi connectivity index (χ3v) is 9.42. The molecule has 0 heteroatoms. The van der Waals surface area contributed by atoms with Crippen LogP contribution in [-0.4, -0.2) is 0 Å². The van der Waals surface area contributed by atoms with Crippen molar-refractivity contribution in [1.82, 2.24) is 0 Å². The highest BCUT2D eigenvalue weighted by atomic mass is 14.4. The van der Waals surface area contributed by atoms with Crippen LogP contribution in [0.1, 0.15) is 125 Å². The summed E-state index contributed by atoms with van der Waals surface area (Å²) in [6.45, 7) is 12.0. The van der Waals surface area contributed by atoms with Crippen molar-refractivity contribution in [2.24, 2.45) is 17.3 Å². The average Bonchev–Trinajstić information content (AvgIpc) is 3.70. The quantitative estimate of drug-likeness (QED) is 0.370. The highest BCUT2D eigenvalue weighted by molar-refractivity contribution is 5.44. The Morgan fingerprint density at radius 1 is 0.778 bits per heavy atom. The van der Waals surface area contributed by atoms with Crippen molar-refractivity contribution in [3.8, 4) is 0 Å². The van der Waals surface area contributed by atoms with E-state index in [2.05, 4.69) is 89.2 Å². The molecule has 192 valence electrons. The Kier molecular flexibility index (Phi) is 7.62. The molecule has 2 aromatic rings. The molecule has 0 saturated heterocycles. The minimum atomic E-state index is 0.308. The lowest BCUT2D eigenvalue weighted by Crippen LogP contribution is -2.24. The molecule has 3 aliphatic rings. The fourth-order valence-electron chi connectivity index (χ4n) is 6.92. The Hall–Kier alpha value is -2.08. The topological polar surface area (TPSA) is 0 Å². The van der Waals surface area contributed by atoms with Crippen molar-refractivity contribution in [3.05, 3.63) is 93.6 Å². The second-order valence-electron chi connectivity index (χ2n) is 13.3. The summed E-state index contributed by atoms with van der Waals surface area (Å²) >= 11 is 0. The minimum absolute atomic E-state index is 0.308. The van der Waals surface area contributed by atoms with E-state index >= 15 is 0 Å². The van der Waals surface area contributed by atoms with Crippen molar-refractivity contribution >= 4 is 0 Å². The average molecular weight is 481 g/mol. The second kappa shape index (κ2) is 10.7. The maximum Gasteiger partial charge on any atom is -0.00229 e. The van der Waals surface area contributed by atoms with Crippen LogP contribution in [0.3, 0.4) is 0 Å². The predicted octanol–water partition coefficient (Wildman–Crippen LogP) is 10.1. The van der Waals surface area contributed by atoms with Crippen molar-refractivity contribution in [3.63, 3.8) is 0 Å². The monoisotopic (exact) mass is 480 g/mol. The van der Waals surface area contributed by atoms with Crippen LogP contribution in [0.25, 0.3) is 0 Å². The van der Waals surface area contributed by atoms with Crippen molar-refractivity contribution in [2.45, 2.75) is 111 Å². The summed E-state index contributed by atoms with van der Waals surface area (Å²) in [5, 5.41) is 0. The number of benzene rings is 2. The molecule has 36 heavy (non-hydrogen) atoms. The van der Waals surface area contributed by atoms with E-state index in [1.54, 1.807) is 27.8 Å². The third kappa shape index (κ3) is 5.90. The molecule has 0 nitrogen and oxygen atoms in total. The van der Waals surface area contributed by atoms with Gasteiger partial charge in [0.2, 0.25) is 0 Å². The Labute approximate surface area is 221 Å². The molecule has 0 radical (unpaired) electrons. The molecule has 0 heterocycles. The molecule has 0 aromatic heterocycles. The maximum absolute atomic E-state index is 2.57. The molecule has 3 aliphatic carbocycles. The molecular weight excluding hydrogens is 432 g/mol. The summed E-state index contributed by atoms with van der Waals surface area (Å²) in [5.41, 5.74) is 11.3. The molecular formula is C36H48. The Morgan fingerprint density at radius 3 is 2.22 bits per heavy atom. The van der Waals surface area contributed by atoms with Gasteiger partial charge < -0.3 is 0 Å². The van der Waals surface area contributed by atoms with Gasteiger partial charge in [0.05, 0.1) is 0 Å². The van der Waals surface area contributed by atoms with E-state index in [9.17, 15) is 0 Å². The summed E-state index contributed by atoms with van der Waals surface area (Å²) in [5.74, 6) is 3.13. The van der Waals surface area contributed by atoms with Crippen LogP contribution >= 0.6 is 0 Å². The van der Waals surface area contributed by atoms with Gasteiger partial charge in [0.25, 0.3) is 0 Å². The SMILES string of the molecule is CCc1cc(C2CCC(C)CC2)ccc1Cc1ccc(C2CC2)c(CC2=CC=CCC2C(C)(C)C)c1. The lowest BCUT2D eigenvalue weighted by Gasteiger charge is -2.34. The van der Waals surface area contributed by atoms with Gasteiger partial charge in [-0.15, -0.1) is 0 Å². The van der Waals surface area contributed by atoms with Gasteiger partial charge in [-0.3, -0.25) is 0 Å². The van der Waals surface area contributed by atoms with Crippen LogP contribution in [0.15, 0.2) is 60.2 Å². The maximum atomic E-state index is 2.57. The summed E-state index contributed by atoms with van der Waals surface area (Å²) < 4.78 is 0. The molecule has 2 saturated carbocycles. The molecule has 0 bridgehead atoms. The van der Waals surface area contributed by atoms with Crippen molar-refractivity contribution in [2.75, 3.05) is 0 Å². The zero-order valence-electron chi connectivity index (χ0n) is 23.6. The van der Waals surface area contributed by atoms with Crippen LogP contribution in [0.5, 0.6) is 0 Å². The molecule has 1 atom stereocenters. The number of hydrogen-bond acceptors (Lipinski definition) is 0. The van der Waals surface area contributed by atoms with Gasteiger partial charge >= 0.3 is 0 Å². The number of rotatable bonds is 7. The minimum Gasteiger partial charge on any atom is -0.0839 e. The van der Waals surface area contributed by atoms with Crippen LogP contribution < -0.4 is 0 Å². The molecule has 0 N–H and O–H groups in total. The molecule has 2 fully saturated rings. The summed E-state index contributed by atoms with van der Waals surface area (Å²) in [4.78, 5) is 0. The van der Waals surface area contributed by atoms with Gasteiger partial charge in [0, 0.05) is 0 Å². The summed E-state index contributed by atoms with van der Waals surface area (Å²) in [6.07, 6.45) is 19.8. The first-order chi connectivity index (χ1) is 17.3. The first kappa shape index (κ1) is 25.6. The lowest BCUT2D eigenvalue weighted by atomic mass is 9.71. The van der Waals surface area contributed by atoms with E-state index < -0.39 is 0 Å². The summed E-state index contributed by atoms with van der Waals surface area (Å²) in [7, 11) is 0. The smallest absolute Gasteiger partial charge is 0.00229 e. The third-order valence-electron chi connectivity index (χ3n) is 9.42. The molecule has 5 rings (SSSR count). The lowest BCUT2D eigenvalue weighted by molar-refractivity contribution is 0.276. The highest BCUT2D eigenvalue weighted by Crippen LogP contribution is 2.44. The number of aryl methyl sites for hydroxylation is 1. The van der Waals surface area contributed by atoms with Crippen LogP contribution in [0, 0.1) is 17.3 Å². The van der Waals surface area contributed by atoms with Gasteiger partial charge in [-0.25, -0.2) is 0 Å². The van der Waals surface area contributed by atoms with E-state index in [0.717, 1.165) is 37.0 Å². The van der Waals surface area contributed by atoms with E-state index in [1.807, 2.05) is 0 Å². The van der Waals surface area contributed by atoms with E-state index in [4.69, 9.17) is 0 Å². The first-order valence-electron chi connectivity index (χ1n) is 14.9. The van der Waals surface area contributed by atoms with Gasteiger partial charge in [-0.1, -0.05) is 108 Å². The van der Waals surface area contributed by atoms with Crippen LogP contribution in [0.4, 0.5) is 0 Å². The van der Waals surface area contributed by atoms with E-state index in [-0.39, 0.29) is 0 Å². The van der Waals surface area contributed by atoms with Crippen molar-refractivity contribution in [1.29, 1.82) is 0 Å². The largest absolute Gasteiger partial charge is 0.0839 e. The zero-order valence-corrected chi connectivity index (χ0v) is 23.6. The Balaban J connectivity index is 1.38. The van der Waals surface area contributed by atoms with Crippen LogP contribution in [-0.2, 0) is 19.3 Å².